The molecule has 1 aromatic heterocycles. The predicted octanol–water partition coefficient (Wildman–Crippen LogP) is 1.17. The fraction of sp³-hybridized carbons (Fsp3) is 0.700. The number of aliphatic carboxylic acids is 1. The molecule has 0 saturated heterocycles. The highest BCUT2D eigenvalue weighted by atomic mass is 16.4. The lowest BCUT2D eigenvalue weighted by Crippen LogP contribution is -2.23. The largest absolute Gasteiger partial charge is 0.481 e. The topological polar surface area (TPSA) is 68.0 Å². The average Bonchev–Trinajstić information content (AvgIpc) is 2.64. The molecule has 0 amide bonds. The zero-order chi connectivity index (χ0) is 10.8. The van der Waals surface area contributed by atoms with Crippen LogP contribution in [-0.4, -0.2) is 25.8 Å². The van der Waals surface area contributed by atoms with Gasteiger partial charge in [-0.1, -0.05) is 6.42 Å². The van der Waals surface area contributed by atoms with Crippen LogP contribution in [-0.2, 0) is 11.8 Å². The zero-order valence-electron chi connectivity index (χ0n) is 8.76. The molecule has 5 nitrogen and oxygen atoms in total. The van der Waals surface area contributed by atoms with Gasteiger partial charge in [-0.15, -0.1) is 0 Å². The molecule has 1 saturated carbocycles. The van der Waals surface area contributed by atoms with E-state index in [0.717, 1.165) is 25.1 Å². The molecule has 82 valence electrons. The average molecular weight is 209 g/mol. The molecular formula is C10H15N3O2. The zero-order valence-corrected chi connectivity index (χ0v) is 8.76. The van der Waals surface area contributed by atoms with Gasteiger partial charge < -0.3 is 5.11 Å². The Morgan fingerprint density at radius 1 is 1.60 bits per heavy atom. The van der Waals surface area contributed by atoms with Crippen molar-refractivity contribution in [3.8, 4) is 0 Å². The molecule has 2 atom stereocenters. The number of hydrogen-bond donors (Lipinski definition) is 1. The van der Waals surface area contributed by atoms with Gasteiger partial charge in [-0.05, 0) is 19.3 Å². The van der Waals surface area contributed by atoms with Crippen molar-refractivity contribution in [2.24, 2.45) is 13.0 Å². The van der Waals surface area contributed by atoms with E-state index in [9.17, 15) is 4.79 Å². The molecule has 0 radical (unpaired) electrons. The Balaban J connectivity index is 2.11. The first-order valence-electron chi connectivity index (χ1n) is 5.25. The lowest BCUT2D eigenvalue weighted by molar-refractivity contribution is -0.143. The van der Waals surface area contributed by atoms with E-state index in [2.05, 4.69) is 10.1 Å². The van der Waals surface area contributed by atoms with Crippen LogP contribution in [0.1, 0.15) is 37.4 Å². The van der Waals surface area contributed by atoms with E-state index in [1.807, 2.05) is 7.05 Å². The minimum absolute atomic E-state index is 0.208. The third-order valence-electron chi connectivity index (χ3n) is 3.14. The minimum Gasteiger partial charge on any atom is -0.481 e. The highest BCUT2D eigenvalue weighted by molar-refractivity contribution is 5.70. The summed E-state index contributed by atoms with van der Waals surface area (Å²) < 4.78 is 1.74. The second-order valence-corrected chi connectivity index (χ2v) is 4.14. The number of carbonyl (C=O) groups is 1. The first-order chi connectivity index (χ1) is 7.18. The summed E-state index contributed by atoms with van der Waals surface area (Å²) >= 11 is 0. The van der Waals surface area contributed by atoms with Gasteiger partial charge in [0.05, 0.1) is 5.92 Å². The maximum absolute atomic E-state index is 10.9. The Hall–Kier alpha value is -1.39. The first kappa shape index (κ1) is 10.1. The lowest BCUT2D eigenvalue weighted by atomic mass is 9.81. The summed E-state index contributed by atoms with van der Waals surface area (Å²) in [6.45, 7) is 0. The van der Waals surface area contributed by atoms with Crippen molar-refractivity contribution in [3.05, 3.63) is 12.2 Å². The molecule has 1 aromatic rings. The van der Waals surface area contributed by atoms with E-state index in [-0.39, 0.29) is 11.8 Å². The van der Waals surface area contributed by atoms with E-state index in [1.54, 1.807) is 4.68 Å². The van der Waals surface area contributed by atoms with Crippen molar-refractivity contribution < 1.29 is 9.90 Å². The molecule has 1 aliphatic rings. The van der Waals surface area contributed by atoms with Crippen LogP contribution in [0.2, 0.25) is 0 Å². The summed E-state index contributed by atoms with van der Waals surface area (Å²) in [6, 6.07) is 0. The van der Waals surface area contributed by atoms with Crippen LogP contribution in [0.25, 0.3) is 0 Å². The summed E-state index contributed by atoms with van der Waals surface area (Å²) in [7, 11) is 1.85. The van der Waals surface area contributed by atoms with Gasteiger partial charge >= 0.3 is 5.97 Å². The van der Waals surface area contributed by atoms with Crippen LogP contribution in [0.5, 0.6) is 0 Å². The van der Waals surface area contributed by atoms with E-state index < -0.39 is 5.97 Å². The summed E-state index contributed by atoms with van der Waals surface area (Å²) in [5, 5.41) is 13.0. The molecule has 0 aromatic carbocycles. The van der Waals surface area contributed by atoms with Crippen LogP contribution in [0.15, 0.2) is 6.33 Å². The lowest BCUT2D eigenvalue weighted by Gasteiger charge is -2.25. The van der Waals surface area contributed by atoms with Gasteiger partial charge in [-0.2, -0.15) is 5.10 Å². The number of aryl methyl sites for hydroxylation is 1. The van der Waals surface area contributed by atoms with E-state index >= 15 is 0 Å². The molecule has 0 aliphatic heterocycles. The molecule has 0 bridgehead atoms. The molecule has 2 unspecified atom stereocenters. The Labute approximate surface area is 88.1 Å². The predicted molar refractivity (Wildman–Crippen MR) is 53.3 cm³/mol. The van der Waals surface area contributed by atoms with Gasteiger partial charge in [-0.25, -0.2) is 4.98 Å². The van der Waals surface area contributed by atoms with Gasteiger partial charge in [0.15, 0.2) is 0 Å². The number of carboxylic acids is 1. The third-order valence-corrected chi connectivity index (χ3v) is 3.14. The molecule has 5 heteroatoms. The van der Waals surface area contributed by atoms with Crippen molar-refractivity contribution in [2.45, 2.75) is 31.6 Å². The number of carboxylic acid groups (broad SMARTS) is 1. The van der Waals surface area contributed by atoms with Crippen molar-refractivity contribution in [1.82, 2.24) is 14.8 Å². The number of hydrogen-bond acceptors (Lipinski definition) is 3. The Morgan fingerprint density at radius 3 is 3.00 bits per heavy atom. The summed E-state index contributed by atoms with van der Waals surface area (Å²) in [6.07, 6.45) is 5.01. The SMILES string of the molecule is Cn1ncnc1C1CCCC(C(=O)O)C1. The standard InChI is InChI=1S/C10H15N3O2/c1-13-9(11-6-12-13)7-3-2-4-8(5-7)10(14)15/h6-8H,2-5H2,1H3,(H,14,15). The summed E-state index contributed by atoms with van der Waals surface area (Å²) in [5.74, 6) is 0.288. The van der Waals surface area contributed by atoms with E-state index in [4.69, 9.17) is 5.11 Å². The molecule has 0 spiro atoms. The second-order valence-electron chi connectivity index (χ2n) is 4.14. The number of rotatable bonds is 2. The fourth-order valence-corrected chi connectivity index (χ4v) is 2.32. The quantitative estimate of drug-likeness (QED) is 0.794. The van der Waals surface area contributed by atoms with Gasteiger partial charge in [0, 0.05) is 13.0 Å². The highest BCUT2D eigenvalue weighted by Gasteiger charge is 2.29. The Kier molecular flexibility index (Phi) is 2.70. The first-order valence-corrected chi connectivity index (χ1v) is 5.25. The third kappa shape index (κ3) is 2.00. The number of aromatic nitrogens is 3. The smallest absolute Gasteiger partial charge is 0.306 e. The van der Waals surface area contributed by atoms with Crippen LogP contribution in [0.4, 0.5) is 0 Å². The molecule has 1 aliphatic carbocycles. The fourth-order valence-electron chi connectivity index (χ4n) is 2.32. The van der Waals surface area contributed by atoms with Crippen LogP contribution >= 0.6 is 0 Å². The van der Waals surface area contributed by atoms with E-state index in [0.29, 0.717) is 6.42 Å². The second kappa shape index (κ2) is 4.00. The van der Waals surface area contributed by atoms with Gasteiger partial charge in [0.1, 0.15) is 12.2 Å². The molecular weight excluding hydrogens is 194 g/mol. The minimum atomic E-state index is -0.679. The maximum atomic E-state index is 10.9. The van der Waals surface area contributed by atoms with Crippen molar-refractivity contribution in [1.29, 1.82) is 0 Å². The monoisotopic (exact) mass is 209 g/mol. The molecule has 1 heterocycles. The van der Waals surface area contributed by atoms with Crippen LogP contribution < -0.4 is 0 Å². The van der Waals surface area contributed by atoms with Crippen molar-refractivity contribution >= 4 is 5.97 Å². The van der Waals surface area contributed by atoms with Crippen molar-refractivity contribution in [3.63, 3.8) is 0 Å². The van der Waals surface area contributed by atoms with Gasteiger partial charge in [0.2, 0.25) is 0 Å². The molecule has 1 fully saturated rings. The molecule has 1 N–H and O–H groups in total. The summed E-state index contributed by atoms with van der Waals surface area (Å²) in [4.78, 5) is 15.1. The Morgan fingerprint density at radius 2 is 2.40 bits per heavy atom. The van der Waals surface area contributed by atoms with Crippen LogP contribution in [0, 0.1) is 5.92 Å². The van der Waals surface area contributed by atoms with E-state index in [1.165, 1.54) is 6.33 Å². The van der Waals surface area contributed by atoms with Crippen molar-refractivity contribution in [2.75, 3.05) is 0 Å². The molecule has 15 heavy (non-hydrogen) atoms. The highest BCUT2D eigenvalue weighted by Crippen LogP contribution is 2.34. The number of nitrogens with zero attached hydrogens (tertiary/aromatic N) is 3. The maximum Gasteiger partial charge on any atom is 0.306 e. The molecule has 2 rings (SSSR count). The Bertz CT molecular complexity index is 361. The van der Waals surface area contributed by atoms with Crippen LogP contribution in [0.3, 0.4) is 0 Å². The normalized spacial score (nSPS) is 26.5. The van der Waals surface area contributed by atoms with Gasteiger partial charge in [0.25, 0.3) is 0 Å². The van der Waals surface area contributed by atoms with Gasteiger partial charge in [-0.3, -0.25) is 9.48 Å². The summed E-state index contributed by atoms with van der Waals surface area (Å²) in [5.41, 5.74) is 0.